The van der Waals surface area contributed by atoms with Crippen LogP contribution in [0.15, 0.2) is 0 Å². The molecular formula is C14H26N2. The van der Waals surface area contributed by atoms with Gasteiger partial charge in [-0.15, -0.1) is 0 Å². The highest BCUT2D eigenvalue weighted by Crippen LogP contribution is 2.26. The summed E-state index contributed by atoms with van der Waals surface area (Å²) in [5.74, 6) is 1.68. The summed E-state index contributed by atoms with van der Waals surface area (Å²) in [5.41, 5.74) is 3.86. The lowest BCUT2D eigenvalue weighted by molar-refractivity contribution is 0.623. The van der Waals surface area contributed by atoms with Gasteiger partial charge in [0.1, 0.15) is 5.82 Å². The normalized spacial score (nSPS) is 16.6. The van der Waals surface area contributed by atoms with Crippen LogP contribution in [-0.2, 0) is 12.8 Å². The van der Waals surface area contributed by atoms with E-state index in [1.807, 2.05) is 34.6 Å². The molecule has 1 heterocycles. The van der Waals surface area contributed by atoms with E-state index in [4.69, 9.17) is 0 Å². The Bertz CT molecular complexity index is 319. The molecule has 0 aromatic carbocycles. The van der Waals surface area contributed by atoms with Crippen LogP contribution >= 0.6 is 0 Å². The zero-order chi connectivity index (χ0) is 12.7. The maximum absolute atomic E-state index is 4.45. The standard InChI is InChI=1S/C10H14N2.2C2H6/c1-6-4-9-7(2)11-8(3)12-10(9)5-6;2*1-2/h6H,4-5H2,1-3H3;2*1-2H3. The predicted molar refractivity (Wildman–Crippen MR) is 70.8 cm³/mol. The first kappa shape index (κ1) is 15.1. The lowest BCUT2D eigenvalue weighted by Gasteiger charge is -2.02. The topological polar surface area (TPSA) is 25.8 Å². The lowest BCUT2D eigenvalue weighted by atomic mass is 10.1. The highest BCUT2D eigenvalue weighted by atomic mass is 14.9. The highest BCUT2D eigenvalue weighted by molar-refractivity contribution is 5.30. The van der Waals surface area contributed by atoms with Crippen molar-refractivity contribution in [1.82, 2.24) is 9.97 Å². The summed E-state index contributed by atoms with van der Waals surface area (Å²) in [6.45, 7) is 14.3. The third-order valence-electron chi connectivity index (χ3n) is 2.51. The fraction of sp³-hybridized carbons (Fsp3) is 0.714. The van der Waals surface area contributed by atoms with Crippen LogP contribution in [0.25, 0.3) is 0 Å². The van der Waals surface area contributed by atoms with Crippen molar-refractivity contribution in [3.8, 4) is 0 Å². The first-order valence-corrected chi connectivity index (χ1v) is 6.50. The van der Waals surface area contributed by atoms with Gasteiger partial charge in [0.05, 0.1) is 0 Å². The zero-order valence-electron chi connectivity index (χ0n) is 11.9. The molecule has 0 saturated heterocycles. The average molecular weight is 222 g/mol. The molecule has 0 N–H and O–H groups in total. The van der Waals surface area contributed by atoms with Crippen molar-refractivity contribution in [3.63, 3.8) is 0 Å². The second-order valence-corrected chi connectivity index (χ2v) is 3.79. The van der Waals surface area contributed by atoms with Gasteiger partial charge in [-0.1, -0.05) is 34.6 Å². The van der Waals surface area contributed by atoms with Gasteiger partial charge in [-0.3, -0.25) is 0 Å². The largest absolute Gasteiger partial charge is 0.238 e. The zero-order valence-corrected chi connectivity index (χ0v) is 11.9. The van der Waals surface area contributed by atoms with Crippen LogP contribution in [0.2, 0.25) is 0 Å². The number of fused-ring (bicyclic) bond motifs is 1. The maximum atomic E-state index is 4.45. The minimum Gasteiger partial charge on any atom is -0.238 e. The summed E-state index contributed by atoms with van der Waals surface area (Å²) in [7, 11) is 0. The molecule has 16 heavy (non-hydrogen) atoms. The number of nitrogens with zero attached hydrogens (tertiary/aromatic N) is 2. The molecule has 1 atom stereocenters. The average Bonchev–Trinajstić information content (AvgIpc) is 2.65. The molecule has 0 amide bonds. The molecule has 1 aliphatic carbocycles. The van der Waals surface area contributed by atoms with Crippen molar-refractivity contribution in [2.45, 2.75) is 61.3 Å². The fourth-order valence-corrected chi connectivity index (χ4v) is 1.99. The third kappa shape index (κ3) is 3.58. The van der Waals surface area contributed by atoms with Crippen molar-refractivity contribution < 1.29 is 0 Å². The Hall–Kier alpha value is -0.920. The van der Waals surface area contributed by atoms with Crippen molar-refractivity contribution in [3.05, 3.63) is 22.8 Å². The summed E-state index contributed by atoms with van der Waals surface area (Å²) >= 11 is 0. The van der Waals surface area contributed by atoms with Gasteiger partial charge in [0.2, 0.25) is 0 Å². The van der Waals surface area contributed by atoms with Crippen LogP contribution in [-0.4, -0.2) is 9.97 Å². The molecule has 0 saturated carbocycles. The van der Waals surface area contributed by atoms with E-state index < -0.39 is 0 Å². The Balaban J connectivity index is 0.000000509. The lowest BCUT2D eigenvalue weighted by Crippen LogP contribution is -1.98. The summed E-state index contributed by atoms with van der Waals surface area (Å²) < 4.78 is 0. The van der Waals surface area contributed by atoms with Crippen LogP contribution in [0.5, 0.6) is 0 Å². The minimum absolute atomic E-state index is 0.759. The molecule has 2 nitrogen and oxygen atoms in total. The quantitative estimate of drug-likeness (QED) is 0.665. The van der Waals surface area contributed by atoms with E-state index >= 15 is 0 Å². The molecule has 0 aliphatic heterocycles. The first-order chi connectivity index (χ1) is 7.66. The van der Waals surface area contributed by atoms with Crippen molar-refractivity contribution in [2.24, 2.45) is 5.92 Å². The summed E-state index contributed by atoms with van der Waals surface area (Å²) in [4.78, 5) is 8.82. The minimum atomic E-state index is 0.759. The number of rotatable bonds is 0. The molecule has 1 aromatic rings. The van der Waals surface area contributed by atoms with E-state index in [1.54, 1.807) is 0 Å². The van der Waals surface area contributed by atoms with Gasteiger partial charge in [-0.05, 0) is 38.2 Å². The van der Waals surface area contributed by atoms with Crippen LogP contribution in [0.1, 0.15) is 57.4 Å². The Morgan fingerprint density at radius 1 is 0.938 bits per heavy atom. The molecule has 2 heteroatoms. The van der Waals surface area contributed by atoms with Gasteiger partial charge in [0.25, 0.3) is 0 Å². The van der Waals surface area contributed by atoms with E-state index in [0.29, 0.717) is 0 Å². The maximum Gasteiger partial charge on any atom is 0.125 e. The van der Waals surface area contributed by atoms with Gasteiger partial charge < -0.3 is 0 Å². The Kier molecular flexibility index (Phi) is 6.95. The van der Waals surface area contributed by atoms with E-state index in [9.17, 15) is 0 Å². The second-order valence-electron chi connectivity index (χ2n) is 3.79. The number of hydrogen-bond acceptors (Lipinski definition) is 2. The Labute approximate surface area is 101 Å². The SMILES string of the molecule is CC.CC.Cc1nc(C)c2c(n1)CC(C)C2. The first-order valence-electron chi connectivity index (χ1n) is 6.50. The van der Waals surface area contributed by atoms with Gasteiger partial charge in [-0.2, -0.15) is 0 Å². The molecule has 92 valence electrons. The summed E-state index contributed by atoms with van der Waals surface area (Å²) in [5, 5.41) is 0. The van der Waals surface area contributed by atoms with Crippen molar-refractivity contribution in [2.75, 3.05) is 0 Å². The van der Waals surface area contributed by atoms with Crippen LogP contribution in [0.3, 0.4) is 0 Å². The molecule has 0 bridgehead atoms. The number of hydrogen-bond donors (Lipinski definition) is 0. The van der Waals surface area contributed by atoms with Crippen molar-refractivity contribution >= 4 is 0 Å². The predicted octanol–water partition coefficient (Wildman–Crippen LogP) is 3.88. The van der Waals surface area contributed by atoms with E-state index in [1.165, 1.54) is 23.4 Å². The van der Waals surface area contributed by atoms with Gasteiger partial charge in [-0.25, -0.2) is 9.97 Å². The van der Waals surface area contributed by atoms with Gasteiger partial charge in [0, 0.05) is 11.4 Å². The van der Waals surface area contributed by atoms with E-state index in [2.05, 4.69) is 23.8 Å². The fourth-order valence-electron chi connectivity index (χ4n) is 1.99. The Morgan fingerprint density at radius 3 is 2.06 bits per heavy atom. The van der Waals surface area contributed by atoms with E-state index in [-0.39, 0.29) is 0 Å². The van der Waals surface area contributed by atoms with Crippen LogP contribution < -0.4 is 0 Å². The van der Waals surface area contributed by atoms with Crippen LogP contribution in [0.4, 0.5) is 0 Å². The molecule has 0 radical (unpaired) electrons. The Morgan fingerprint density at radius 2 is 1.50 bits per heavy atom. The monoisotopic (exact) mass is 222 g/mol. The summed E-state index contributed by atoms with van der Waals surface area (Å²) in [6, 6.07) is 0. The van der Waals surface area contributed by atoms with Gasteiger partial charge >= 0.3 is 0 Å². The van der Waals surface area contributed by atoms with Gasteiger partial charge in [0.15, 0.2) is 0 Å². The second kappa shape index (κ2) is 7.37. The molecule has 1 aromatic heterocycles. The molecule has 2 rings (SSSR count). The van der Waals surface area contributed by atoms with Crippen LogP contribution in [0, 0.1) is 19.8 Å². The molecule has 1 unspecified atom stereocenters. The molecule has 0 spiro atoms. The third-order valence-corrected chi connectivity index (χ3v) is 2.51. The summed E-state index contributed by atoms with van der Waals surface area (Å²) in [6.07, 6.45) is 2.31. The molecular weight excluding hydrogens is 196 g/mol. The smallest absolute Gasteiger partial charge is 0.125 e. The molecule has 1 aliphatic rings. The van der Waals surface area contributed by atoms with Crippen molar-refractivity contribution in [1.29, 1.82) is 0 Å². The highest BCUT2D eigenvalue weighted by Gasteiger charge is 2.21. The van der Waals surface area contributed by atoms with E-state index in [0.717, 1.165) is 18.2 Å². The molecule has 0 fully saturated rings. The number of aryl methyl sites for hydroxylation is 2. The number of aromatic nitrogens is 2.